The lowest BCUT2D eigenvalue weighted by atomic mass is 10.0. The predicted octanol–water partition coefficient (Wildman–Crippen LogP) is 0.707. The normalized spacial score (nSPS) is 15.9. The van der Waals surface area contributed by atoms with E-state index in [2.05, 4.69) is 4.74 Å². The van der Waals surface area contributed by atoms with Gasteiger partial charge in [0.25, 0.3) is 6.47 Å². The van der Waals surface area contributed by atoms with E-state index in [-0.39, 0.29) is 6.61 Å². The van der Waals surface area contributed by atoms with Crippen molar-refractivity contribution < 1.29 is 24.1 Å². The topological polar surface area (TPSA) is 65.0 Å². The van der Waals surface area contributed by atoms with Crippen molar-refractivity contribution in [3.05, 3.63) is 23.3 Å². The van der Waals surface area contributed by atoms with Crippen LogP contribution in [0.3, 0.4) is 0 Å². The minimum absolute atomic E-state index is 0.00416. The molecule has 0 fully saturated rings. The van der Waals surface area contributed by atoms with Crippen LogP contribution in [0.1, 0.15) is 11.1 Å². The molecular formula is C13H16O5. The van der Waals surface area contributed by atoms with Gasteiger partial charge in [0.05, 0.1) is 14.2 Å². The van der Waals surface area contributed by atoms with Crippen LogP contribution in [0, 0.1) is 0 Å². The standard InChI is InChI=1S/C13H16O5/c1-16-11-3-9-5-13(15,7-18-8-14)6-10(9)4-12(11)17-2/h3-4,8,15H,5-7H2,1-2H3. The minimum atomic E-state index is -1.03. The van der Waals surface area contributed by atoms with Gasteiger partial charge in [-0.3, -0.25) is 4.79 Å². The molecule has 18 heavy (non-hydrogen) atoms. The Balaban J connectivity index is 2.26. The SMILES string of the molecule is COc1cc2c(cc1OC)CC(O)(COC=O)C2. The fourth-order valence-corrected chi connectivity index (χ4v) is 2.36. The number of rotatable bonds is 5. The molecule has 0 radical (unpaired) electrons. The zero-order valence-corrected chi connectivity index (χ0v) is 10.4. The summed E-state index contributed by atoms with van der Waals surface area (Å²) in [6.07, 6.45) is 0.882. The molecule has 1 aliphatic rings. The number of carbonyl (C=O) groups is 1. The lowest BCUT2D eigenvalue weighted by Gasteiger charge is -2.19. The summed E-state index contributed by atoms with van der Waals surface area (Å²) in [7, 11) is 3.14. The van der Waals surface area contributed by atoms with Crippen LogP contribution in [0.2, 0.25) is 0 Å². The van der Waals surface area contributed by atoms with Crippen LogP contribution in [-0.4, -0.2) is 38.0 Å². The summed E-state index contributed by atoms with van der Waals surface area (Å²) in [6.45, 7) is 0.345. The Morgan fingerprint density at radius 3 is 2.11 bits per heavy atom. The number of benzene rings is 1. The van der Waals surface area contributed by atoms with E-state index < -0.39 is 5.60 Å². The first-order valence-corrected chi connectivity index (χ1v) is 5.63. The van der Waals surface area contributed by atoms with Crippen molar-refractivity contribution in [2.24, 2.45) is 0 Å². The molecule has 5 heteroatoms. The van der Waals surface area contributed by atoms with Crippen molar-refractivity contribution >= 4 is 6.47 Å². The molecule has 98 valence electrons. The fourth-order valence-electron chi connectivity index (χ4n) is 2.36. The highest BCUT2D eigenvalue weighted by molar-refractivity contribution is 5.50. The Labute approximate surface area is 105 Å². The second kappa shape index (κ2) is 4.86. The molecule has 0 saturated carbocycles. The summed E-state index contributed by atoms with van der Waals surface area (Å²) in [4.78, 5) is 10.2. The third-order valence-electron chi connectivity index (χ3n) is 3.16. The van der Waals surface area contributed by atoms with Crippen LogP contribution in [0.5, 0.6) is 11.5 Å². The molecule has 1 aromatic carbocycles. The Morgan fingerprint density at radius 2 is 1.72 bits per heavy atom. The number of hydrogen-bond acceptors (Lipinski definition) is 5. The van der Waals surface area contributed by atoms with E-state index in [0.29, 0.717) is 30.8 Å². The molecule has 0 bridgehead atoms. The number of ether oxygens (including phenoxy) is 3. The van der Waals surface area contributed by atoms with E-state index in [4.69, 9.17) is 9.47 Å². The van der Waals surface area contributed by atoms with Gasteiger partial charge in [0.15, 0.2) is 11.5 Å². The first-order valence-electron chi connectivity index (χ1n) is 5.63. The van der Waals surface area contributed by atoms with E-state index in [0.717, 1.165) is 11.1 Å². The molecule has 0 unspecified atom stereocenters. The lowest BCUT2D eigenvalue weighted by Crippen LogP contribution is -2.35. The van der Waals surface area contributed by atoms with Gasteiger partial charge in [-0.25, -0.2) is 0 Å². The van der Waals surface area contributed by atoms with Gasteiger partial charge in [0.2, 0.25) is 0 Å². The number of hydrogen-bond donors (Lipinski definition) is 1. The first kappa shape index (κ1) is 12.7. The lowest BCUT2D eigenvalue weighted by molar-refractivity contribution is -0.135. The van der Waals surface area contributed by atoms with Crippen molar-refractivity contribution in [2.75, 3.05) is 20.8 Å². The maximum atomic E-state index is 10.3. The predicted molar refractivity (Wildman–Crippen MR) is 63.9 cm³/mol. The Hall–Kier alpha value is -1.75. The highest BCUT2D eigenvalue weighted by Crippen LogP contribution is 2.38. The van der Waals surface area contributed by atoms with Gasteiger partial charge in [-0.05, 0) is 23.3 Å². The highest BCUT2D eigenvalue weighted by Gasteiger charge is 2.36. The van der Waals surface area contributed by atoms with E-state index >= 15 is 0 Å². The molecule has 0 atom stereocenters. The average Bonchev–Trinajstić information content (AvgIpc) is 2.70. The first-order chi connectivity index (χ1) is 8.61. The van der Waals surface area contributed by atoms with Crippen molar-refractivity contribution in [1.29, 1.82) is 0 Å². The Kier molecular flexibility index (Phi) is 3.43. The van der Waals surface area contributed by atoms with Crippen LogP contribution in [0.4, 0.5) is 0 Å². The van der Waals surface area contributed by atoms with E-state index in [1.54, 1.807) is 14.2 Å². The quantitative estimate of drug-likeness (QED) is 0.782. The number of fused-ring (bicyclic) bond motifs is 1. The van der Waals surface area contributed by atoms with Gasteiger partial charge in [0.1, 0.15) is 12.2 Å². The van der Waals surface area contributed by atoms with Gasteiger partial charge >= 0.3 is 0 Å². The Bertz CT molecular complexity index is 422. The van der Waals surface area contributed by atoms with Crippen LogP contribution >= 0.6 is 0 Å². The molecule has 0 saturated heterocycles. The minimum Gasteiger partial charge on any atom is -0.493 e. The third kappa shape index (κ3) is 2.26. The number of methoxy groups -OCH3 is 2. The van der Waals surface area contributed by atoms with E-state index in [1.165, 1.54) is 0 Å². The van der Waals surface area contributed by atoms with Gasteiger partial charge in [-0.1, -0.05) is 0 Å². The monoisotopic (exact) mass is 252 g/mol. The molecule has 0 amide bonds. The van der Waals surface area contributed by atoms with Crippen molar-refractivity contribution in [2.45, 2.75) is 18.4 Å². The molecule has 2 rings (SSSR count). The zero-order chi connectivity index (χ0) is 13.2. The third-order valence-corrected chi connectivity index (χ3v) is 3.16. The smallest absolute Gasteiger partial charge is 0.293 e. The summed E-state index contributed by atoms with van der Waals surface area (Å²) in [5, 5.41) is 10.3. The second-order valence-electron chi connectivity index (χ2n) is 4.46. The maximum absolute atomic E-state index is 10.3. The summed E-state index contributed by atoms with van der Waals surface area (Å²) in [5.74, 6) is 1.27. The molecule has 0 aromatic heterocycles. The van der Waals surface area contributed by atoms with E-state index in [9.17, 15) is 9.90 Å². The van der Waals surface area contributed by atoms with Gasteiger partial charge in [0, 0.05) is 12.8 Å². The van der Waals surface area contributed by atoms with Crippen LogP contribution in [-0.2, 0) is 22.4 Å². The molecule has 5 nitrogen and oxygen atoms in total. The molecule has 0 heterocycles. The van der Waals surface area contributed by atoms with Crippen molar-refractivity contribution in [1.82, 2.24) is 0 Å². The maximum Gasteiger partial charge on any atom is 0.293 e. The summed E-state index contributed by atoms with van der Waals surface area (Å²) >= 11 is 0. The molecular weight excluding hydrogens is 236 g/mol. The second-order valence-corrected chi connectivity index (χ2v) is 4.46. The molecule has 0 spiro atoms. The number of aliphatic hydroxyl groups is 1. The Morgan fingerprint density at radius 1 is 1.22 bits per heavy atom. The van der Waals surface area contributed by atoms with Crippen LogP contribution in [0.25, 0.3) is 0 Å². The van der Waals surface area contributed by atoms with Crippen LogP contribution < -0.4 is 9.47 Å². The molecule has 0 aliphatic heterocycles. The average molecular weight is 252 g/mol. The van der Waals surface area contributed by atoms with Crippen molar-refractivity contribution in [3.63, 3.8) is 0 Å². The highest BCUT2D eigenvalue weighted by atomic mass is 16.5. The molecule has 1 aromatic rings. The molecule has 1 aliphatic carbocycles. The van der Waals surface area contributed by atoms with Gasteiger partial charge in [-0.2, -0.15) is 0 Å². The summed E-state index contributed by atoms with van der Waals surface area (Å²) in [5.41, 5.74) is 0.954. The fraction of sp³-hybridized carbons (Fsp3) is 0.462. The van der Waals surface area contributed by atoms with Crippen LogP contribution in [0.15, 0.2) is 12.1 Å². The largest absolute Gasteiger partial charge is 0.493 e. The molecule has 1 N–H and O–H groups in total. The van der Waals surface area contributed by atoms with Crippen molar-refractivity contribution in [3.8, 4) is 11.5 Å². The van der Waals surface area contributed by atoms with Gasteiger partial charge < -0.3 is 19.3 Å². The number of carbonyl (C=O) groups excluding carboxylic acids is 1. The zero-order valence-electron chi connectivity index (χ0n) is 10.4. The van der Waals surface area contributed by atoms with E-state index in [1.807, 2.05) is 12.1 Å². The van der Waals surface area contributed by atoms with Gasteiger partial charge in [-0.15, -0.1) is 0 Å². The summed E-state index contributed by atoms with van der Waals surface area (Å²) < 4.78 is 15.1. The summed E-state index contributed by atoms with van der Waals surface area (Å²) in [6, 6.07) is 3.71.